The van der Waals surface area contributed by atoms with Crippen LogP contribution in [0.5, 0.6) is 0 Å². The molecule has 104 valence electrons. The second-order valence-corrected chi connectivity index (χ2v) is 5.28. The van der Waals surface area contributed by atoms with E-state index in [0.29, 0.717) is 12.0 Å². The molecular formula is C15H22FN3. The van der Waals surface area contributed by atoms with Gasteiger partial charge in [0, 0.05) is 24.6 Å². The minimum absolute atomic E-state index is 0.230. The fourth-order valence-corrected chi connectivity index (χ4v) is 2.43. The van der Waals surface area contributed by atoms with E-state index >= 15 is 0 Å². The molecule has 0 saturated heterocycles. The number of likely N-dealkylation sites (N-methyl/N-ethyl adjacent to an activating group) is 1. The number of hydrogen-bond acceptors (Lipinski definition) is 2. The quantitative estimate of drug-likeness (QED) is 0.895. The Bertz CT molecular complexity index is 560. The van der Waals surface area contributed by atoms with Crippen LogP contribution in [-0.2, 0) is 0 Å². The largest absolute Gasteiger partial charge is 0.325 e. The first-order valence-corrected chi connectivity index (χ1v) is 6.92. The van der Waals surface area contributed by atoms with Crippen LogP contribution in [0.15, 0.2) is 18.2 Å². The van der Waals surface area contributed by atoms with Crippen LogP contribution in [-0.4, -0.2) is 22.6 Å². The fraction of sp³-hybridized carbons (Fsp3) is 0.533. The van der Waals surface area contributed by atoms with Crippen molar-refractivity contribution in [1.29, 1.82) is 0 Å². The van der Waals surface area contributed by atoms with Crippen molar-refractivity contribution in [3.63, 3.8) is 0 Å². The first-order valence-electron chi connectivity index (χ1n) is 6.92. The highest BCUT2D eigenvalue weighted by Crippen LogP contribution is 2.26. The molecule has 1 unspecified atom stereocenters. The topological polar surface area (TPSA) is 29.9 Å². The van der Waals surface area contributed by atoms with Gasteiger partial charge in [-0.05, 0) is 32.5 Å². The first-order chi connectivity index (χ1) is 9.04. The Labute approximate surface area is 113 Å². The van der Waals surface area contributed by atoms with Crippen LogP contribution in [0.1, 0.15) is 45.5 Å². The lowest BCUT2D eigenvalue weighted by molar-refractivity contribution is 0.530. The molecule has 0 aliphatic rings. The highest BCUT2D eigenvalue weighted by atomic mass is 19.1. The van der Waals surface area contributed by atoms with Crippen LogP contribution in [0.3, 0.4) is 0 Å². The third-order valence-corrected chi connectivity index (χ3v) is 3.34. The lowest BCUT2D eigenvalue weighted by Crippen LogP contribution is -2.22. The number of hydrogen-bond donors (Lipinski definition) is 1. The summed E-state index contributed by atoms with van der Waals surface area (Å²) >= 11 is 0. The van der Waals surface area contributed by atoms with E-state index in [9.17, 15) is 4.39 Å². The molecule has 0 bridgehead atoms. The monoisotopic (exact) mass is 263 g/mol. The Hall–Kier alpha value is -1.42. The van der Waals surface area contributed by atoms with Gasteiger partial charge in [-0.2, -0.15) is 0 Å². The van der Waals surface area contributed by atoms with Gasteiger partial charge in [0.25, 0.3) is 0 Å². The summed E-state index contributed by atoms with van der Waals surface area (Å²) in [5, 5.41) is 3.34. The average Bonchev–Trinajstić information content (AvgIpc) is 2.74. The summed E-state index contributed by atoms with van der Waals surface area (Å²) < 4.78 is 15.5. The molecule has 3 nitrogen and oxygen atoms in total. The van der Waals surface area contributed by atoms with Crippen molar-refractivity contribution in [3.8, 4) is 0 Å². The number of fused-ring (bicyclic) bond motifs is 1. The van der Waals surface area contributed by atoms with Crippen LogP contribution >= 0.6 is 0 Å². The Morgan fingerprint density at radius 3 is 2.68 bits per heavy atom. The number of aromatic nitrogens is 2. The minimum atomic E-state index is -0.230. The normalized spacial score (nSPS) is 13.4. The summed E-state index contributed by atoms with van der Waals surface area (Å²) in [4.78, 5) is 4.63. The van der Waals surface area contributed by atoms with Gasteiger partial charge < -0.3 is 9.88 Å². The molecule has 2 rings (SSSR count). The van der Waals surface area contributed by atoms with Gasteiger partial charge in [-0.25, -0.2) is 9.37 Å². The van der Waals surface area contributed by atoms with E-state index in [1.807, 2.05) is 6.07 Å². The molecule has 1 heterocycles. The Morgan fingerprint density at radius 2 is 2.05 bits per heavy atom. The second kappa shape index (κ2) is 5.70. The highest BCUT2D eigenvalue weighted by Gasteiger charge is 2.18. The fourth-order valence-electron chi connectivity index (χ4n) is 2.43. The molecular weight excluding hydrogens is 241 g/mol. The predicted molar refractivity (Wildman–Crippen MR) is 77.0 cm³/mol. The van der Waals surface area contributed by atoms with E-state index < -0.39 is 0 Å². The van der Waals surface area contributed by atoms with Crippen LogP contribution in [0.4, 0.5) is 4.39 Å². The van der Waals surface area contributed by atoms with E-state index in [2.05, 4.69) is 42.6 Å². The molecule has 0 spiro atoms. The van der Waals surface area contributed by atoms with E-state index in [0.717, 1.165) is 29.9 Å². The third-order valence-electron chi connectivity index (χ3n) is 3.34. The summed E-state index contributed by atoms with van der Waals surface area (Å²) in [5.74, 6) is 1.10. The van der Waals surface area contributed by atoms with E-state index in [4.69, 9.17) is 0 Å². The Kier molecular flexibility index (Phi) is 4.20. The number of nitrogens with zero attached hydrogens (tertiary/aromatic N) is 2. The molecule has 0 aliphatic carbocycles. The SMILES string of the molecule is CCNCC(C)c1nc2cc(F)ccc2n1C(C)C. The Balaban J connectivity index is 2.49. The van der Waals surface area contributed by atoms with Gasteiger partial charge >= 0.3 is 0 Å². The van der Waals surface area contributed by atoms with Crippen LogP contribution in [0, 0.1) is 5.82 Å². The maximum Gasteiger partial charge on any atom is 0.125 e. The van der Waals surface area contributed by atoms with Gasteiger partial charge in [-0.1, -0.05) is 13.8 Å². The van der Waals surface area contributed by atoms with Crippen LogP contribution in [0.25, 0.3) is 11.0 Å². The second-order valence-electron chi connectivity index (χ2n) is 5.28. The van der Waals surface area contributed by atoms with Gasteiger partial charge in [0.1, 0.15) is 11.6 Å². The Morgan fingerprint density at radius 1 is 1.32 bits per heavy atom. The molecule has 1 aromatic heterocycles. The van der Waals surface area contributed by atoms with Gasteiger partial charge in [-0.3, -0.25) is 0 Å². The number of nitrogens with one attached hydrogen (secondary N) is 1. The molecule has 0 aliphatic heterocycles. The lowest BCUT2D eigenvalue weighted by atomic mass is 10.1. The summed E-state index contributed by atoms with van der Waals surface area (Å²) in [5.41, 5.74) is 1.75. The zero-order valence-electron chi connectivity index (χ0n) is 12.1. The van der Waals surface area contributed by atoms with Crippen molar-refractivity contribution in [3.05, 3.63) is 29.8 Å². The number of halogens is 1. The van der Waals surface area contributed by atoms with Crippen molar-refractivity contribution in [2.45, 2.75) is 39.7 Å². The van der Waals surface area contributed by atoms with E-state index in [-0.39, 0.29) is 5.82 Å². The van der Waals surface area contributed by atoms with Crippen LogP contribution in [0.2, 0.25) is 0 Å². The molecule has 2 aromatic rings. The molecule has 0 amide bonds. The lowest BCUT2D eigenvalue weighted by Gasteiger charge is -2.17. The summed E-state index contributed by atoms with van der Waals surface area (Å²) in [6, 6.07) is 5.15. The van der Waals surface area contributed by atoms with Crippen LogP contribution < -0.4 is 5.32 Å². The third kappa shape index (κ3) is 2.78. The standard InChI is InChI=1S/C15H22FN3/c1-5-17-9-11(4)15-18-13-8-12(16)6-7-14(13)19(15)10(2)3/h6-8,10-11,17H,5,9H2,1-4H3. The number of imidazole rings is 1. The van der Waals surface area contributed by atoms with Crippen molar-refractivity contribution in [2.24, 2.45) is 0 Å². The smallest absolute Gasteiger partial charge is 0.125 e. The maximum atomic E-state index is 13.3. The molecule has 0 radical (unpaired) electrons. The number of rotatable bonds is 5. The summed E-state index contributed by atoms with van der Waals surface area (Å²) in [6.45, 7) is 10.3. The average molecular weight is 263 g/mol. The van der Waals surface area contributed by atoms with Gasteiger partial charge in [0.05, 0.1) is 11.0 Å². The van der Waals surface area contributed by atoms with Crippen molar-refractivity contribution in [1.82, 2.24) is 14.9 Å². The molecule has 1 N–H and O–H groups in total. The zero-order chi connectivity index (χ0) is 14.0. The predicted octanol–water partition coefficient (Wildman–Crippen LogP) is 3.47. The summed E-state index contributed by atoms with van der Waals surface area (Å²) in [7, 11) is 0. The van der Waals surface area contributed by atoms with E-state index in [1.54, 1.807) is 0 Å². The highest BCUT2D eigenvalue weighted by molar-refractivity contribution is 5.76. The van der Waals surface area contributed by atoms with Gasteiger partial charge in [0.2, 0.25) is 0 Å². The molecule has 0 fully saturated rings. The zero-order valence-corrected chi connectivity index (χ0v) is 12.1. The molecule has 0 saturated carbocycles. The molecule has 4 heteroatoms. The maximum absolute atomic E-state index is 13.3. The van der Waals surface area contributed by atoms with Crippen molar-refractivity contribution >= 4 is 11.0 Å². The molecule has 1 atom stereocenters. The summed E-state index contributed by atoms with van der Waals surface area (Å²) in [6.07, 6.45) is 0. The molecule has 19 heavy (non-hydrogen) atoms. The minimum Gasteiger partial charge on any atom is -0.325 e. The van der Waals surface area contributed by atoms with Crippen molar-refractivity contribution in [2.75, 3.05) is 13.1 Å². The van der Waals surface area contributed by atoms with Gasteiger partial charge in [-0.15, -0.1) is 0 Å². The number of benzene rings is 1. The first kappa shape index (κ1) is 14.0. The van der Waals surface area contributed by atoms with E-state index in [1.165, 1.54) is 12.1 Å². The van der Waals surface area contributed by atoms with Crippen molar-refractivity contribution < 1.29 is 4.39 Å². The molecule has 1 aromatic carbocycles. The van der Waals surface area contributed by atoms with Gasteiger partial charge in [0.15, 0.2) is 0 Å².